The summed E-state index contributed by atoms with van der Waals surface area (Å²) in [5.41, 5.74) is 0.974. The van der Waals surface area contributed by atoms with Crippen molar-refractivity contribution in [1.29, 1.82) is 0 Å². The molecule has 0 spiro atoms. The Bertz CT molecular complexity index is 398. The van der Waals surface area contributed by atoms with Crippen LogP contribution in [0.25, 0.3) is 11.0 Å². The van der Waals surface area contributed by atoms with Gasteiger partial charge in [0.25, 0.3) is 0 Å². The lowest BCUT2D eigenvalue weighted by Crippen LogP contribution is -2.22. The molecule has 0 aliphatic carbocycles. The molecule has 0 amide bonds. The number of halogens is 1. The van der Waals surface area contributed by atoms with E-state index in [1.54, 1.807) is 18.2 Å². The number of rotatable bonds is 0. The highest BCUT2D eigenvalue weighted by atomic mass is 79.9. The van der Waals surface area contributed by atoms with Crippen LogP contribution in [-0.2, 0) is 0 Å². The van der Waals surface area contributed by atoms with Crippen molar-refractivity contribution in [3.63, 3.8) is 0 Å². The maximum atomic E-state index is 10.9. The van der Waals surface area contributed by atoms with Gasteiger partial charge in [0, 0.05) is 5.16 Å². The zero-order valence-electron chi connectivity index (χ0n) is 5.32. The van der Waals surface area contributed by atoms with Gasteiger partial charge in [-0.3, -0.25) is 4.63 Å². The predicted molar refractivity (Wildman–Crippen MR) is 40.7 cm³/mol. The van der Waals surface area contributed by atoms with Crippen LogP contribution in [0.3, 0.4) is 0 Å². The summed E-state index contributed by atoms with van der Waals surface area (Å²) < 4.78 is 5.06. The molecular formula is C6H3BrN2O2. The second-order valence-corrected chi connectivity index (χ2v) is 2.89. The van der Waals surface area contributed by atoms with Gasteiger partial charge in [-0.25, -0.2) is 0 Å². The third kappa shape index (κ3) is 0.883. The van der Waals surface area contributed by atoms with E-state index in [0.717, 1.165) is 0 Å². The molecule has 0 aliphatic rings. The first kappa shape index (κ1) is 6.60. The molecule has 0 atom stereocenters. The molecule has 2 rings (SSSR count). The zero-order valence-corrected chi connectivity index (χ0v) is 6.91. The Kier molecular flexibility index (Phi) is 1.32. The minimum atomic E-state index is 0.374. The van der Waals surface area contributed by atoms with Gasteiger partial charge >= 0.3 is 0 Å². The normalized spacial score (nSPS) is 10.6. The van der Waals surface area contributed by atoms with Crippen molar-refractivity contribution in [3.05, 3.63) is 27.9 Å². The third-order valence-corrected chi connectivity index (χ3v) is 2.00. The molecule has 0 saturated carbocycles. The molecule has 56 valence electrons. The molecule has 0 radical (unpaired) electrons. The summed E-state index contributed by atoms with van der Waals surface area (Å²) in [6.45, 7) is 0. The topological polar surface area (TPSA) is 53.0 Å². The van der Waals surface area contributed by atoms with Crippen LogP contribution in [0.15, 0.2) is 27.3 Å². The molecule has 0 fully saturated rings. The summed E-state index contributed by atoms with van der Waals surface area (Å²) in [6, 6.07) is 5.25. The van der Waals surface area contributed by atoms with Gasteiger partial charge in [0.1, 0.15) is 0 Å². The quantitative estimate of drug-likeness (QED) is 0.621. The second-order valence-electron chi connectivity index (χ2n) is 2.04. The molecule has 0 bridgehead atoms. The van der Waals surface area contributed by atoms with Crippen LogP contribution in [-0.4, -0.2) is 5.16 Å². The van der Waals surface area contributed by atoms with Gasteiger partial charge < -0.3 is 5.21 Å². The highest BCUT2D eigenvalue weighted by Crippen LogP contribution is 2.18. The summed E-state index contributed by atoms with van der Waals surface area (Å²) >= 11 is 3.21. The maximum Gasteiger partial charge on any atom is 0.249 e. The van der Waals surface area contributed by atoms with Crippen LogP contribution >= 0.6 is 15.9 Å². The van der Waals surface area contributed by atoms with E-state index in [0.29, 0.717) is 20.4 Å². The largest absolute Gasteiger partial charge is 0.359 e. The van der Waals surface area contributed by atoms with Gasteiger partial charge in [-0.2, -0.15) is 0 Å². The highest BCUT2D eigenvalue weighted by Gasteiger charge is 2.10. The summed E-state index contributed by atoms with van der Waals surface area (Å²) in [5, 5.41) is 14.4. The number of para-hydroxylation sites is 1. The Morgan fingerprint density at radius 3 is 3.09 bits per heavy atom. The van der Waals surface area contributed by atoms with Gasteiger partial charge in [-0.1, -0.05) is 6.07 Å². The van der Waals surface area contributed by atoms with E-state index in [4.69, 9.17) is 0 Å². The van der Waals surface area contributed by atoms with Gasteiger partial charge in [-0.15, -0.1) is 0 Å². The van der Waals surface area contributed by atoms with Crippen molar-refractivity contribution >= 4 is 27.0 Å². The molecule has 4 nitrogen and oxygen atoms in total. The second kappa shape index (κ2) is 2.20. The van der Waals surface area contributed by atoms with Crippen molar-refractivity contribution in [1.82, 2.24) is 5.16 Å². The standard InChI is InChI=1S/C6H3BrN2O2/c7-4-2-1-3-5-6(4)9(10)11-8-5/h1-3H. The van der Waals surface area contributed by atoms with Gasteiger partial charge in [-0.05, 0) is 33.0 Å². The molecule has 5 heteroatoms. The minimum absolute atomic E-state index is 0.374. The Labute approximate surface area is 70.1 Å². The van der Waals surface area contributed by atoms with E-state index in [9.17, 15) is 5.21 Å². The number of nitrogens with zero attached hydrogens (tertiary/aromatic N) is 2. The van der Waals surface area contributed by atoms with Crippen molar-refractivity contribution < 1.29 is 9.53 Å². The van der Waals surface area contributed by atoms with Crippen molar-refractivity contribution in [2.45, 2.75) is 0 Å². The number of hydrogen-bond donors (Lipinski definition) is 0. The van der Waals surface area contributed by atoms with E-state index in [-0.39, 0.29) is 0 Å². The third-order valence-electron chi connectivity index (χ3n) is 1.36. The van der Waals surface area contributed by atoms with E-state index >= 15 is 0 Å². The van der Waals surface area contributed by atoms with Crippen LogP contribution in [0.2, 0.25) is 0 Å². The first-order chi connectivity index (χ1) is 5.29. The number of hydrogen-bond acceptors (Lipinski definition) is 3. The van der Waals surface area contributed by atoms with E-state index in [1.807, 2.05) is 0 Å². The molecule has 11 heavy (non-hydrogen) atoms. The van der Waals surface area contributed by atoms with Crippen molar-refractivity contribution in [2.24, 2.45) is 0 Å². The van der Waals surface area contributed by atoms with Gasteiger partial charge in [0.2, 0.25) is 11.0 Å². The first-order valence-corrected chi connectivity index (χ1v) is 3.72. The maximum absolute atomic E-state index is 10.9. The molecule has 1 aromatic heterocycles. The minimum Gasteiger partial charge on any atom is -0.359 e. The number of aromatic nitrogens is 2. The van der Waals surface area contributed by atoms with E-state index in [2.05, 4.69) is 25.7 Å². The molecule has 2 aromatic rings. The fraction of sp³-hybridized carbons (Fsp3) is 0. The zero-order chi connectivity index (χ0) is 7.84. The molecular weight excluding hydrogens is 212 g/mol. The average molecular weight is 215 g/mol. The van der Waals surface area contributed by atoms with Crippen molar-refractivity contribution in [3.8, 4) is 0 Å². The van der Waals surface area contributed by atoms with Crippen LogP contribution in [0, 0.1) is 5.21 Å². The Morgan fingerprint density at radius 1 is 1.55 bits per heavy atom. The smallest absolute Gasteiger partial charge is 0.249 e. The molecule has 0 aliphatic heterocycles. The monoisotopic (exact) mass is 214 g/mol. The van der Waals surface area contributed by atoms with Gasteiger partial charge in [0.05, 0.1) is 4.47 Å². The molecule has 0 N–H and O–H groups in total. The molecule has 1 heterocycles. The lowest BCUT2D eigenvalue weighted by molar-refractivity contribution is -0.782. The summed E-state index contributed by atoms with van der Waals surface area (Å²) in [4.78, 5) is 0.374. The fourth-order valence-electron chi connectivity index (χ4n) is 0.880. The Morgan fingerprint density at radius 2 is 2.36 bits per heavy atom. The fourth-order valence-corrected chi connectivity index (χ4v) is 1.38. The SMILES string of the molecule is [O-][n+]1onc2cccc(Br)c21. The van der Waals surface area contributed by atoms with Gasteiger partial charge in [0.15, 0.2) is 0 Å². The lowest BCUT2D eigenvalue weighted by atomic mass is 10.3. The Hall–Kier alpha value is -1.10. The van der Waals surface area contributed by atoms with Crippen LogP contribution < -0.4 is 4.90 Å². The number of benzene rings is 1. The van der Waals surface area contributed by atoms with Crippen molar-refractivity contribution in [2.75, 3.05) is 0 Å². The number of fused-ring (bicyclic) bond motifs is 1. The predicted octanol–water partition coefficient (Wildman–Crippen LogP) is 1.22. The lowest BCUT2D eigenvalue weighted by Gasteiger charge is -1.87. The molecule has 1 aromatic carbocycles. The highest BCUT2D eigenvalue weighted by molar-refractivity contribution is 9.10. The summed E-state index contributed by atoms with van der Waals surface area (Å²) in [5.74, 6) is 0. The van der Waals surface area contributed by atoms with Crippen LogP contribution in [0.4, 0.5) is 0 Å². The summed E-state index contributed by atoms with van der Waals surface area (Å²) in [7, 11) is 0. The summed E-state index contributed by atoms with van der Waals surface area (Å²) in [6.07, 6.45) is 0. The van der Waals surface area contributed by atoms with E-state index in [1.165, 1.54) is 0 Å². The average Bonchev–Trinajstić information content (AvgIpc) is 2.34. The molecule has 0 unspecified atom stereocenters. The van der Waals surface area contributed by atoms with Crippen LogP contribution in [0.5, 0.6) is 0 Å². The first-order valence-electron chi connectivity index (χ1n) is 2.93. The molecule has 0 saturated heterocycles. The van der Waals surface area contributed by atoms with Crippen LogP contribution in [0.1, 0.15) is 0 Å². The van der Waals surface area contributed by atoms with E-state index < -0.39 is 0 Å². The Balaban J connectivity index is 2.96.